The van der Waals surface area contributed by atoms with Crippen molar-refractivity contribution in [2.75, 3.05) is 13.1 Å². The van der Waals surface area contributed by atoms with Crippen LogP contribution in [0.15, 0.2) is 30.3 Å². The zero-order chi connectivity index (χ0) is 19.7. The molecule has 0 atom stereocenters. The maximum Gasteiger partial charge on any atom is 0.410 e. The highest BCUT2D eigenvalue weighted by Crippen LogP contribution is 2.10. The minimum absolute atomic E-state index is 0.0693. The molecule has 1 aromatic rings. The molecule has 1 N–H and O–H groups in total. The number of amides is 1. The Morgan fingerprint density at radius 1 is 0.889 bits per heavy atom. The lowest BCUT2D eigenvalue weighted by Gasteiger charge is -2.22. The first-order valence-corrected chi connectivity index (χ1v) is 10.3. The highest BCUT2D eigenvalue weighted by molar-refractivity contribution is 5.68. The van der Waals surface area contributed by atoms with Gasteiger partial charge in [0.2, 0.25) is 0 Å². The highest BCUT2D eigenvalue weighted by Gasteiger charge is 2.15. The van der Waals surface area contributed by atoms with E-state index in [0.29, 0.717) is 19.5 Å². The zero-order valence-electron chi connectivity index (χ0n) is 16.7. The fourth-order valence-electron chi connectivity index (χ4n) is 2.96. The van der Waals surface area contributed by atoms with Crippen LogP contribution in [0.25, 0.3) is 0 Å². The van der Waals surface area contributed by atoms with Crippen molar-refractivity contribution in [1.82, 2.24) is 4.90 Å². The number of carbonyl (C=O) groups is 2. The van der Waals surface area contributed by atoms with E-state index in [1.54, 1.807) is 4.90 Å². The smallest absolute Gasteiger partial charge is 0.410 e. The van der Waals surface area contributed by atoms with Gasteiger partial charge in [-0.2, -0.15) is 0 Å². The molecule has 0 saturated heterocycles. The van der Waals surface area contributed by atoms with E-state index in [1.165, 1.54) is 38.5 Å². The second-order valence-corrected chi connectivity index (χ2v) is 7.00. The maximum atomic E-state index is 12.4. The third kappa shape index (κ3) is 12.1. The maximum absolute atomic E-state index is 12.4. The van der Waals surface area contributed by atoms with Gasteiger partial charge in [0.1, 0.15) is 6.61 Å². The number of aliphatic carboxylic acids is 1. The standard InChI is InChI=1S/C22H35NO4/c1-2-3-4-5-6-7-8-12-17-23(18-13-16-21(24)25)22(26)27-19-20-14-10-9-11-15-20/h9-11,14-15H,2-8,12-13,16-19H2,1H3,(H,24,25). The summed E-state index contributed by atoms with van der Waals surface area (Å²) in [5.41, 5.74) is 0.948. The van der Waals surface area contributed by atoms with Gasteiger partial charge in [0, 0.05) is 19.5 Å². The van der Waals surface area contributed by atoms with Crippen molar-refractivity contribution in [3.8, 4) is 0 Å². The number of carboxylic acids is 1. The summed E-state index contributed by atoms with van der Waals surface area (Å²) in [7, 11) is 0. The molecule has 5 heteroatoms. The fraction of sp³-hybridized carbons (Fsp3) is 0.636. The molecular formula is C22H35NO4. The molecular weight excluding hydrogens is 342 g/mol. The van der Waals surface area contributed by atoms with E-state index in [-0.39, 0.29) is 19.1 Å². The first-order valence-electron chi connectivity index (χ1n) is 10.3. The van der Waals surface area contributed by atoms with Gasteiger partial charge in [-0.3, -0.25) is 4.79 Å². The molecule has 1 rings (SSSR count). The Kier molecular flexibility index (Phi) is 12.8. The molecule has 0 spiro atoms. The average Bonchev–Trinajstić information content (AvgIpc) is 2.67. The van der Waals surface area contributed by atoms with E-state index in [4.69, 9.17) is 9.84 Å². The summed E-state index contributed by atoms with van der Waals surface area (Å²) in [5.74, 6) is -0.834. The molecule has 1 aromatic carbocycles. The van der Waals surface area contributed by atoms with Crippen LogP contribution in [0.3, 0.4) is 0 Å². The summed E-state index contributed by atoms with van der Waals surface area (Å²) >= 11 is 0. The predicted octanol–water partition coefficient (Wildman–Crippen LogP) is 5.63. The minimum atomic E-state index is -0.834. The Hall–Kier alpha value is -2.04. The highest BCUT2D eigenvalue weighted by atomic mass is 16.6. The number of hydrogen-bond acceptors (Lipinski definition) is 3. The van der Waals surface area contributed by atoms with Crippen molar-refractivity contribution in [1.29, 1.82) is 0 Å². The van der Waals surface area contributed by atoms with Gasteiger partial charge >= 0.3 is 12.1 Å². The predicted molar refractivity (Wildman–Crippen MR) is 108 cm³/mol. The molecule has 0 bridgehead atoms. The van der Waals surface area contributed by atoms with Crippen LogP contribution in [0.1, 0.15) is 76.7 Å². The molecule has 0 radical (unpaired) electrons. The summed E-state index contributed by atoms with van der Waals surface area (Å²) in [5, 5.41) is 8.82. The van der Waals surface area contributed by atoms with Gasteiger partial charge < -0.3 is 14.7 Å². The van der Waals surface area contributed by atoms with Crippen LogP contribution in [-0.2, 0) is 16.1 Å². The summed E-state index contributed by atoms with van der Waals surface area (Å²) < 4.78 is 5.41. The Labute approximate surface area is 163 Å². The number of ether oxygens (including phenoxy) is 1. The Morgan fingerprint density at radius 2 is 1.48 bits per heavy atom. The van der Waals surface area contributed by atoms with Gasteiger partial charge in [0.05, 0.1) is 0 Å². The second kappa shape index (κ2) is 15.1. The zero-order valence-corrected chi connectivity index (χ0v) is 16.7. The summed E-state index contributed by atoms with van der Waals surface area (Å²) in [6.07, 6.45) is 9.79. The Balaban J connectivity index is 2.32. The number of carboxylic acid groups (broad SMARTS) is 1. The van der Waals surface area contributed by atoms with Crippen molar-refractivity contribution in [2.24, 2.45) is 0 Å². The van der Waals surface area contributed by atoms with E-state index in [9.17, 15) is 9.59 Å². The van der Waals surface area contributed by atoms with Crippen molar-refractivity contribution >= 4 is 12.1 Å². The molecule has 0 fully saturated rings. The van der Waals surface area contributed by atoms with E-state index in [1.807, 2.05) is 30.3 Å². The van der Waals surface area contributed by atoms with Gasteiger partial charge in [-0.25, -0.2) is 4.79 Å². The first kappa shape index (κ1) is 23.0. The number of rotatable bonds is 15. The molecule has 0 unspecified atom stereocenters. The van der Waals surface area contributed by atoms with Crippen molar-refractivity contribution in [3.05, 3.63) is 35.9 Å². The molecule has 0 saturated carbocycles. The van der Waals surface area contributed by atoms with Gasteiger partial charge in [-0.15, -0.1) is 0 Å². The number of hydrogen-bond donors (Lipinski definition) is 1. The minimum Gasteiger partial charge on any atom is -0.481 e. The first-order chi connectivity index (χ1) is 13.1. The molecule has 27 heavy (non-hydrogen) atoms. The van der Waals surface area contributed by atoms with Crippen LogP contribution >= 0.6 is 0 Å². The topological polar surface area (TPSA) is 66.8 Å². The average molecular weight is 378 g/mol. The molecule has 152 valence electrons. The molecule has 0 heterocycles. The van der Waals surface area contributed by atoms with Crippen molar-refractivity contribution in [3.63, 3.8) is 0 Å². The largest absolute Gasteiger partial charge is 0.481 e. The second-order valence-electron chi connectivity index (χ2n) is 7.00. The molecule has 0 aromatic heterocycles. The van der Waals surface area contributed by atoms with E-state index >= 15 is 0 Å². The number of nitrogens with zero attached hydrogens (tertiary/aromatic N) is 1. The lowest BCUT2D eigenvalue weighted by Crippen LogP contribution is -2.33. The normalized spacial score (nSPS) is 10.6. The van der Waals surface area contributed by atoms with Crippen LogP contribution in [0.2, 0.25) is 0 Å². The van der Waals surface area contributed by atoms with Gasteiger partial charge in [0.25, 0.3) is 0 Å². The Bertz CT molecular complexity index is 518. The molecule has 1 amide bonds. The third-order valence-electron chi connectivity index (χ3n) is 4.56. The van der Waals surface area contributed by atoms with Crippen molar-refractivity contribution < 1.29 is 19.4 Å². The van der Waals surface area contributed by atoms with Gasteiger partial charge in [-0.1, -0.05) is 82.2 Å². The third-order valence-corrected chi connectivity index (χ3v) is 4.56. The van der Waals surface area contributed by atoms with Gasteiger partial charge in [-0.05, 0) is 18.4 Å². The lowest BCUT2D eigenvalue weighted by molar-refractivity contribution is -0.137. The molecule has 0 aliphatic rings. The monoisotopic (exact) mass is 377 g/mol. The van der Waals surface area contributed by atoms with Crippen LogP contribution in [-0.4, -0.2) is 35.2 Å². The summed E-state index contributed by atoms with van der Waals surface area (Å²) in [6, 6.07) is 9.58. The van der Waals surface area contributed by atoms with Crippen LogP contribution < -0.4 is 0 Å². The van der Waals surface area contributed by atoms with E-state index in [2.05, 4.69) is 6.92 Å². The Morgan fingerprint density at radius 3 is 2.11 bits per heavy atom. The number of carbonyl (C=O) groups excluding carboxylic acids is 1. The lowest BCUT2D eigenvalue weighted by atomic mass is 10.1. The molecule has 5 nitrogen and oxygen atoms in total. The number of unbranched alkanes of at least 4 members (excludes halogenated alkanes) is 7. The quantitative estimate of drug-likeness (QED) is 0.402. The van der Waals surface area contributed by atoms with Crippen molar-refractivity contribution in [2.45, 2.75) is 77.7 Å². The van der Waals surface area contributed by atoms with Crippen LogP contribution in [0, 0.1) is 0 Å². The van der Waals surface area contributed by atoms with Crippen LogP contribution in [0.4, 0.5) is 4.79 Å². The van der Waals surface area contributed by atoms with E-state index in [0.717, 1.165) is 18.4 Å². The van der Waals surface area contributed by atoms with Crippen LogP contribution in [0.5, 0.6) is 0 Å². The molecule has 0 aliphatic carbocycles. The summed E-state index contributed by atoms with van der Waals surface area (Å²) in [4.78, 5) is 24.8. The SMILES string of the molecule is CCCCCCCCCCN(CCCC(=O)O)C(=O)OCc1ccccc1. The van der Waals surface area contributed by atoms with E-state index < -0.39 is 5.97 Å². The summed E-state index contributed by atoms with van der Waals surface area (Å²) in [6.45, 7) is 3.51. The molecule has 0 aliphatic heterocycles. The number of benzene rings is 1. The van der Waals surface area contributed by atoms with Gasteiger partial charge in [0.15, 0.2) is 0 Å². The fourth-order valence-corrected chi connectivity index (χ4v) is 2.96.